The van der Waals surface area contributed by atoms with Crippen molar-refractivity contribution in [3.8, 4) is 22.4 Å². The second kappa shape index (κ2) is 46.0. The number of aromatic nitrogens is 7. The largest absolute Gasteiger partial charge is 0.466 e. The smallest absolute Gasteiger partial charge is 0.306 e. The lowest BCUT2D eigenvalue weighted by atomic mass is 9.85. The first kappa shape index (κ1) is 94.9. The van der Waals surface area contributed by atoms with Gasteiger partial charge in [-0.25, -0.2) is 37.5 Å². The number of Topliss-reactive ketones (excluding diaryl/α,β-unsaturated/α-hetero) is 2. The van der Waals surface area contributed by atoms with Crippen molar-refractivity contribution >= 4 is 117 Å². The second-order valence-corrected chi connectivity index (χ2v) is 29.8. The van der Waals surface area contributed by atoms with Crippen LogP contribution < -0.4 is 11.0 Å². The van der Waals surface area contributed by atoms with E-state index in [-0.39, 0.29) is 73.6 Å². The number of hydrogen-bond acceptors (Lipinski definition) is 16. The van der Waals surface area contributed by atoms with E-state index in [1.807, 2.05) is 224 Å². The molecule has 1 aliphatic heterocycles. The van der Waals surface area contributed by atoms with Crippen LogP contribution in [0.2, 0.25) is 0 Å². The number of aryl methyl sites for hydroxylation is 1. The summed E-state index contributed by atoms with van der Waals surface area (Å²) in [6.45, 7) is 3.59. The van der Waals surface area contributed by atoms with E-state index in [2.05, 4.69) is 45.6 Å². The van der Waals surface area contributed by atoms with Crippen LogP contribution in [0.3, 0.4) is 0 Å². The van der Waals surface area contributed by atoms with Gasteiger partial charge in [-0.05, 0) is 144 Å². The van der Waals surface area contributed by atoms with Crippen molar-refractivity contribution in [1.29, 1.82) is 0 Å². The molecule has 0 fully saturated rings. The lowest BCUT2D eigenvalue weighted by Crippen LogP contribution is -2.32. The highest BCUT2D eigenvalue weighted by Gasteiger charge is 2.32. The van der Waals surface area contributed by atoms with Crippen molar-refractivity contribution in [2.45, 2.75) is 52.4 Å². The van der Waals surface area contributed by atoms with Crippen molar-refractivity contribution in [2.24, 2.45) is 5.10 Å². The Morgan fingerprint density at radius 1 is 0.462 bits per heavy atom. The molecule has 25 heteroatoms. The summed E-state index contributed by atoms with van der Waals surface area (Å²) in [7, 11) is 3.08. The molecule has 0 bridgehead atoms. The summed E-state index contributed by atoms with van der Waals surface area (Å²) < 4.78 is 73.6. The van der Waals surface area contributed by atoms with Gasteiger partial charge in [-0.15, -0.1) is 0 Å². The van der Waals surface area contributed by atoms with Crippen molar-refractivity contribution < 1.29 is 60.3 Å². The maximum atomic E-state index is 14.3. The fourth-order valence-corrected chi connectivity index (χ4v) is 15.0. The maximum absolute atomic E-state index is 14.3. The third-order valence-corrected chi connectivity index (χ3v) is 21.5. The number of hydrazone groups is 1. The van der Waals surface area contributed by atoms with Gasteiger partial charge in [0.2, 0.25) is 5.91 Å². The lowest BCUT2D eigenvalue weighted by molar-refractivity contribution is -0.143. The highest BCUT2D eigenvalue weighted by Crippen LogP contribution is 2.37. The van der Waals surface area contributed by atoms with Crippen LogP contribution in [0.1, 0.15) is 108 Å². The third kappa shape index (κ3) is 23.6. The van der Waals surface area contributed by atoms with Crippen LogP contribution >= 0.6 is 11.6 Å². The topological polar surface area (TPSA) is 259 Å². The van der Waals surface area contributed by atoms with Crippen LogP contribution in [0.15, 0.2) is 363 Å². The Balaban J connectivity index is 0.000000142. The Labute approximate surface area is 761 Å². The SMILES string of the molecule is C.CCOC(=O)CC(C(=O)c1cccc2ccccc12)c1ccncc1F.CON(C)C(=O)c1cccc2ccccc12.Cc1ccncc1F.O=C(Cc1ccncc1F)c1cccc2ccccc12.O=C(Cl)c1cccc2ccccc12.O=C1CC(c2ccncc2F)C(c2cccc3ccccc23)=NN1.O=c1cc(-c2ccncc2F)c(-c2cccc3ccccc23)n[nH]1. The number of halogens is 6. The van der Waals surface area contributed by atoms with Crippen molar-refractivity contribution in [1.82, 2.24) is 45.6 Å². The number of aromatic amines is 1. The molecule has 660 valence electrons. The van der Waals surface area contributed by atoms with Gasteiger partial charge >= 0.3 is 5.97 Å². The monoisotopic (exact) mass is 1780 g/mol. The minimum absolute atomic E-state index is 0. The summed E-state index contributed by atoms with van der Waals surface area (Å²) in [5, 5.41) is 23.4. The third-order valence-electron chi connectivity index (χ3n) is 21.3. The molecule has 6 aromatic heterocycles. The molecule has 18 aromatic rings. The van der Waals surface area contributed by atoms with Gasteiger partial charge in [0.05, 0.1) is 68.4 Å². The number of amides is 2. The molecule has 0 saturated heterocycles. The number of pyridine rings is 5. The Hall–Kier alpha value is -16.2. The summed E-state index contributed by atoms with van der Waals surface area (Å²) in [6, 6.07) is 89.4. The zero-order valence-electron chi connectivity index (χ0n) is 71.0. The van der Waals surface area contributed by atoms with Gasteiger partial charge in [0.25, 0.3) is 16.7 Å². The molecule has 0 radical (unpaired) electrons. The average Bonchev–Trinajstić information content (AvgIpc) is 0.762. The Morgan fingerprint density at radius 2 is 0.894 bits per heavy atom. The molecule has 0 saturated carbocycles. The zero-order valence-corrected chi connectivity index (χ0v) is 71.7. The summed E-state index contributed by atoms with van der Waals surface area (Å²) in [4.78, 5) is 108. The predicted octanol–water partition coefficient (Wildman–Crippen LogP) is 23.1. The normalized spacial score (nSPS) is 11.9. The second-order valence-electron chi connectivity index (χ2n) is 29.5. The quantitative estimate of drug-likeness (QED) is 0.0300. The Bertz CT molecular complexity index is 7260. The van der Waals surface area contributed by atoms with Crippen LogP contribution in [-0.2, 0) is 25.6 Å². The van der Waals surface area contributed by atoms with Gasteiger partial charge in [0, 0.05) is 118 Å². The first-order chi connectivity index (χ1) is 63.7. The number of ketones is 2. The van der Waals surface area contributed by atoms with E-state index >= 15 is 0 Å². The van der Waals surface area contributed by atoms with Crippen LogP contribution in [0.4, 0.5) is 22.0 Å². The van der Waals surface area contributed by atoms with Crippen molar-refractivity contribution in [3.63, 3.8) is 0 Å². The average molecular weight is 1790 g/mol. The molecule has 2 unspecified atom stereocenters. The van der Waals surface area contributed by atoms with Crippen molar-refractivity contribution in [2.75, 3.05) is 20.8 Å². The number of H-pyrrole nitrogens is 1. The lowest BCUT2D eigenvalue weighted by Gasteiger charge is -2.24. The molecule has 0 spiro atoms. The highest BCUT2D eigenvalue weighted by atomic mass is 35.5. The number of ether oxygens (including phenoxy) is 1. The van der Waals surface area contributed by atoms with E-state index in [1.165, 1.54) is 61.5 Å². The Kier molecular flexibility index (Phi) is 33.1. The molecular formula is C107H86ClF5N10O9. The molecular weight excluding hydrogens is 1700 g/mol. The standard InChI is InChI=1S/C21H18FNO3.C19H14FN3O.C19H12FN3O.C17H12FNO.C13H13NO2.C11H7ClO.C6H6FN.CH4/c1-2-26-20(24)12-18(16-10-11-23-13-19(16)22)21(25)17-9-5-7-14-6-3-4-8-15(14)17;2*20-17-11-21-9-8-14(17)16-10-18(24)22-23-19(16)15-7-3-5-12-4-1-2-6-13(12)15;18-16-11-19-9-8-13(16)10-17(20)15-7-3-5-12-4-1-2-6-14(12)15;1-14(16-2)13(15)12-9-5-7-10-6-3-4-8-11(10)12;12-11(13)10-7-3-5-8-4-1-2-6-9(8)10;1-5-2-3-8-4-6(5)7;/h3-11,13,18H,2,12H2,1H3;1-9,11,16H,10H2,(H,22,24);1-11H,(H,22,24);1-9,11H,10H2;3-9H,1-2H3;1-7H;2-4H,1H3;1H4. The molecule has 2 amide bonds. The summed E-state index contributed by atoms with van der Waals surface area (Å²) in [5.74, 6) is -4.94. The molecule has 12 aromatic carbocycles. The van der Waals surface area contributed by atoms with Crippen molar-refractivity contribution in [3.05, 3.63) is 443 Å². The number of carbonyl (C=O) groups is 6. The molecule has 1 aliphatic rings. The van der Waals surface area contributed by atoms with Crippen LogP contribution in [0, 0.1) is 36.0 Å². The number of hydrogen-bond donors (Lipinski definition) is 2. The molecule has 7 heterocycles. The van der Waals surface area contributed by atoms with Crippen LogP contribution in [0.25, 0.3) is 87.0 Å². The number of esters is 1. The van der Waals surface area contributed by atoms with Gasteiger partial charge in [-0.2, -0.15) is 10.2 Å². The van der Waals surface area contributed by atoms with E-state index in [0.29, 0.717) is 61.5 Å². The summed E-state index contributed by atoms with van der Waals surface area (Å²) in [5.41, 5.74) is 9.69. The van der Waals surface area contributed by atoms with E-state index in [4.69, 9.17) is 21.2 Å². The van der Waals surface area contributed by atoms with Gasteiger partial charge in [0.15, 0.2) is 11.6 Å². The van der Waals surface area contributed by atoms with E-state index < -0.39 is 46.3 Å². The summed E-state index contributed by atoms with van der Waals surface area (Å²) in [6.07, 6.45) is 13.2. The van der Waals surface area contributed by atoms with Crippen LogP contribution in [0.5, 0.6) is 0 Å². The molecule has 132 heavy (non-hydrogen) atoms. The van der Waals surface area contributed by atoms with Gasteiger partial charge in [-0.1, -0.05) is 250 Å². The number of rotatable bonds is 16. The first-order valence-corrected chi connectivity index (χ1v) is 41.6. The van der Waals surface area contributed by atoms with Crippen LogP contribution in [-0.4, -0.2) is 101 Å². The van der Waals surface area contributed by atoms with Gasteiger partial charge < -0.3 is 4.74 Å². The number of carbonyl (C=O) groups excluding carboxylic acids is 6. The number of nitrogens with zero attached hydrogens (tertiary/aromatic N) is 8. The first-order valence-electron chi connectivity index (χ1n) is 41.2. The predicted molar refractivity (Wildman–Crippen MR) is 507 cm³/mol. The number of hydroxylamine groups is 2. The highest BCUT2D eigenvalue weighted by molar-refractivity contribution is 6.68. The minimum atomic E-state index is -0.970. The number of nitrogens with one attached hydrogen (secondary N) is 2. The molecule has 19 rings (SSSR count). The minimum Gasteiger partial charge on any atom is -0.466 e. The number of fused-ring (bicyclic) bond motifs is 6. The Morgan fingerprint density at radius 3 is 1.41 bits per heavy atom. The van der Waals surface area contributed by atoms with E-state index in [9.17, 15) is 55.5 Å². The fraction of sp³-hybridized carbons (Fsp3) is 0.103. The molecule has 2 atom stereocenters. The molecule has 19 nitrogen and oxygen atoms in total. The zero-order chi connectivity index (χ0) is 92.3. The molecule has 2 N–H and O–H groups in total. The summed E-state index contributed by atoms with van der Waals surface area (Å²) >= 11 is 5.44. The maximum Gasteiger partial charge on any atom is 0.306 e. The fourth-order valence-electron chi connectivity index (χ4n) is 14.8. The van der Waals surface area contributed by atoms with Gasteiger partial charge in [0.1, 0.15) is 29.1 Å². The molecule has 0 aliphatic carbocycles. The van der Waals surface area contributed by atoms with E-state index in [0.717, 1.165) is 94.4 Å². The van der Waals surface area contributed by atoms with E-state index in [1.54, 1.807) is 81.7 Å². The van der Waals surface area contributed by atoms with Gasteiger partial charge in [-0.3, -0.25) is 63.3 Å². The number of benzene rings is 12.